The zero-order valence-corrected chi connectivity index (χ0v) is 33.0. The predicted molar refractivity (Wildman–Crippen MR) is 209 cm³/mol. The second kappa shape index (κ2) is 21.7. The molecule has 21 heteroatoms. The van der Waals surface area contributed by atoms with Gasteiger partial charge in [0.25, 0.3) is 11.5 Å². The van der Waals surface area contributed by atoms with Gasteiger partial charge in [-0.15, -0.1) is 0 Å². The predicted octanol–water partition coefficient (Wildman–Crippen LogP) is 3.54. The van der Waals surface area contributed by atoms with Crippen molar-refractivity contribution in [3.8, 4) is 11.1 Å². The van der Waals surface area contributed by atoms with Gasteiger partial charge in [-0.2, -0.15) is 0 Å². The normalized spacial score (nSPS) is 12.4. The number of ether oxygens (including phenoxy) is 6. The minimum absolute atomic E-state index is 0.0104. The van der Waals surface area contributed by atoms with Crippen LogP contribution in [0.5, 0.6) is 0 Å². The third-order valence-electron chi connectivity index (χ3n) is 8.72. The highest BCUT2D eigenvalue weighted by Gasteiger charge is 2.30. The number of nitrogens with one attached hydrogen (secondary N) is 2. The number of amides is 1. The Balaban J connectivity index is 1.12. The van der Waals surface area contributed by atoms with Crippen LogP contribution in [0.1, 0.15) is 21.5 Å². The van der Waals surface area contributed by atoms with E-state index in [0.717, 1.165) is 12.5 Å². The zero-order valence-electron chi connectivity index (χ0n) is 32.2. The minimum Gasteiger partial charge on any atom is -0.379 e. The molecule has 0 bridgehead atoms. The molecule has 0 unspecified atom stereocenters. The lowest BCUT2D eigenvalue weighted by Gasteiger charge is -2.26. The zero-order chi connectivity index (χ0) is 41.5. The number of carbonyl (C=O) groups is 1. The fraction of sp³-hybridized carbons (Fsp3) is 0.486. The number of benzene rings is 1. The monoisotopic (exact) mass is 832 g/mol. The molecular formula is C37H46F2N8O10S. The first-order valence-electron chi connectivity index (χ1n) is 18.4. The highest BCUT2D eigenvalue weighted by Crippen LogP contribution is 2.45. The Hall–Kier alpha value is -4.99. The summed E-state index contributed by atoms with van der Waals surface area (Å²) in [6, 6.07) is 3.72. The average molecular weight is 833 g/mol. The number of halogens is 2. The van der Waals surface area contributed by atoms with Crippen molar-refractivity contribution in [2.45, 2.75) is 12.3 Å². The highest BCUT2D eigenvalue weighted by atomic mass is 32.2. The molecule has 58 heavy (non-hydrogen) atoms. The number of anilines is 2. The third kappa shape index (κ3) is 12.3. The number of aromatic nitrogens is 3. The molecule has 0 aliphatic carbocycles. The van der Waals surface area contributed by atoms with Crippen LogP contribution in [0, 0.1) is 11.6 Å². The highest BCUT2D eigenvalue weighted by molar-refractivity contribution is 7.89. The van der Waals surface area contributed by atoms with Crippen LogP contribution in [0.15, 0.2) is 46.7 Å². The minimum atomic E-state index is -3.66. The summed E-state index contributed by atoms with van der Waals surface area (Å²) >= 11 is 0. The molecule has 4 aromatic rings. The Labute approximate surface area is 332 Å². The topological polar surface area (TPSA) is 221 Å². The largest absolute Gasteiger partial charge is 0.379 e. The summed E-state index contributed by atoms with van der Waals surface area (Å²) in [6.45, 7) is 4.51. The van der Waals surface area contributed by atoms with E-state index in [1.54, 1.807) is 25.5 Å². The van der Waals surface area contributed by atoms with E-state index in [9.17, 15) is 22.4 Å². The molecule has 0 saturated carbocycles. The number of carbonyl (C=O) groups excluding carboxylic acids is 1. The Morgan fingerprint density at radius 3 is 2.12 bits per heavy atom. The Kier molecular flexibility index (Phi) is 16.5. The number of H-pyrrole nitrogens is 1. The van der Waals surface area contributed by atoms with Crippen molar-refractivity contribution in [2.75, 3.05) is 104 Å². The van der Waals surface area contributed by atoms with Gasteiger partial charge >= 0.3 is 0 Å². The first-order chi connectivity index (χ1) is 28.0. The van der Waals surface area contributed by atoms with Gasteiger partial charge in [-0.05, 0) is 28.8 Å². The maximum absolute atomic E-state index is 15.4. The average Bonchev–Trinajstić information content (AvgIpc) is 3.55. The van der Waals surface area contributed by atoms with Gasteiger partial charge in [0.15, 0.2) is 21.5 Å². The fourth-order valence-electron chi connectivity index (χ4n) is 6.18. The standard InChI is InChI=1S/C37H46F2N8O10S/c1-46-23-30-29-17-25(24-58(2,50)51)28(19-32(29)47(35-31(39)18-27(38)21-43-35)22-26-20-42-34(33(26)30)37(46)49)36(48)41-3-5-52-7-9-54-11-13-56-15-16-57-14-12-55-10-8-53-6-4-44-45-40/h17-21,23,42H,3-16,22,24H2,1-2H3,(H,41,48). The van der Waals surface area contributed by atoms with Gasteiger partial charge in [-0.25, -0.2) is 22.2 Å². The molecule has 314 valence electrons. The van der Waals surface area contributed by atoms with E-state index in [0.29, 0.717) is 98.8 Å². The fourth-order valence-corrected chi connectivity index (χ4v) is 6.99. The second-order valence-corrected chi connectivity index (χ2v) is 15.2. The molecule has 1 aliphatic heterocycles. The van der Waals surface area contributed by atoms with E-state index in [-0.39, 0.29) is 62.0 Å². The summed E-state index contributed by atoms with van der Waals surface area (Å²) in [5.74, 6) is -3.14. The lowest BCUT2D eigenvalue weighted by atomic mass is 9.96. The summed E-state index contributed by atoms with van der Waals surface area (Å²) < 4.78 is 88.6. The molecule has 0 radical (unpaired) electrons. The van der Waals surface area contributed by atoms with E-state index in [1.165, 1.54) is 15.5 Å². The number of hydrogen-bond acceptors (Lipinski definition) is 13. The number of pyridine rings is 2. The van der Waals surface area contributed by atoms with Gasteiger partial charge < -0.3 is 48.2 Å². The lowest BCUT2D eigenvalue weighted by Crippen LogP contribution is -2.29. The number of rotatable bonds is 25. The van der Waals surface area contributed by atoms with Gasteiger partial charge in [0.05, 0.1) is 103 Å². The number of nitrogens with zero attached hydrogens (tertiary/aromatic N) is 6. The molecule has 0 spiro atoms. The van der Waals surface area contributed by atoms with Crippen molar-refractivity contribution in [3.05, 3.63) is 85.9 Å². The first-order valence-corrected chi connectivity index (χ1v) is 20.4. The maximum Gasteiger partial charge on any atom is 0.274 e. The molecular weight excluding hydrogens is 787 g/mol. The van der Waals surface area contributed by atoms with Crippen LogP contribution in [0.3, 0.4) is 0 Å². The summed E-state index contributed by atoms with van der Waals surface area (Å²) in [5.41, 5.74) is 10.2. The SMILES string of the molecule is Cn1cc2c3c(c[nH]c3c1=O)CN(c1ncc(F)cc1F)c1cc(C(=O)NCCOCCOCCOCCOCCOCCOCCN=[N+]=[N-])c(CS(C)(=O)=O)cc1-2. The van der Waals surface area contributed by atoms with Crippen molar-refractivity contribution >= 4 is 38.2 Å². The van der Waals surface area contributed by atoms with Crippen LogP contribution in [-0.2, 0) is 57.6 Å². The smallest absolute Gasteiger partial charge is 0.274 e. The molecule has 1 aliphatic rings. The number of hydrogen-bond donors (Lipinski definition) is 2. The van der Waals surface area contributed by atoms with Crippen molar-refractivity contribution in [1.29, 1.82) is 0 Å². The summed E-state index contributed by atoms with van der Waals surface area (Å²) in [4.78, 5) is 37.9. The lowest BCUT2D eigenvalue weighted by molar-refractivity contribution is -0.0162. The maximum atomic E-state index is 15.4. The van der Waals surface area contributed by atoms with Gasteiger partial charge in [0.1, 0.15) is 11.3 Å². The molecule has 5 rings (SSSR count). The van der Waals surface area contributed by atoms with Crippen LogP contribution < -0.4 is 15.8 Å². The molecule has 0 fully saturated rings. The van der Waals surface area contributed by atoms with Crippen molar-refractivity contribution < 1.29 is 50.4 Å². The number of fused-ring (bicyclic) bond motifs is 2. The van der Waals surface area contributed by atoms with Crippen molar-refractivity contribution in [3.63, 3.8) is 0 Å². The Morgan fingerprint density at radius 1 is 0.931 bits per heavy atom. The first kappa shape index (κ1) is 44.1. The Bertz CT molecular complexity index is 2250. The van der Waals surface area contributed by atoms with Gasteiger partial charge in [-0.3, -0.25) is 9.59 Å². The molecule has 18 nitrogen and oxygen atoms in total. The number of azide groups is 1. The van der Waals surface area contributed by atoms with Crippen LogP contribution in [0.4, 0.5) is 20.3 Å². The van der Waals surface area contributed by atoms with E-state index in [4.69, 9.17) is 34.0 Å². The van der Waals surface area contributed by atoms with Crippen LogP contribution in [0.25, 0.3) is 32.5 Å². The molecule has 1 amide bonds. The third-order valence-corrected chi connectivity index (χ3v) is 9.55. The number of aryl methyl sites for hydroxylation is 1. The van der Waals surface area contributed by atoms with Gasteiger partial charge in [0.2, 0.25) is 0 Å². The molecule has 0 saturated heterocycles. The van der Waals surface area contributed by atoms with E-state index in [2.05, 4.69) is 25.3 Å². The molecule has 3 aromatic heterocycles. The van der Waals surface area contributed by atoms with E-state index >= 15 is 4.39 Å². The van der Waals surface area contributed by atoms with Gasteiger partial charge in [0, 0.05) is 71.8 Å². The number of sulfone groups is 1. The summed E-state index contributed by atoms with van der Waals surface area (Å²) in [6.07, 6.45) is 5.15. The Morgan fingerprint density at radius 2 is 1.53 bits per heavy atom. The summed E-state index contributed by atoms with van der Waals surface area (Å²) in [5, 5.41) is 6.68. The van der Waals surface area contributed by atoms with E-state index in [1.807, 2.05) is 0 Å². The van der Waals surface area contributed by atoms with Crippen LogP contribution in [-0.4, -0.2) is 127 Å². The number of aromatic amines is 1. The molecule has 0 atom stereocenters. The van der Waals surface area contributed by atoms with Gasteiger partial charge in [-0.1, -0.05) is 5.11 Å². The van der Waals surface area contributed by atoms with Crippen molar-refractivity contribution in [2.24, 2.45) is 12.2 Å². The summed E-state index contributed by atoms with van der Waals surface area (Å²) in [7, 11) is -2.09. The molecule has 2 N–H and O–H groups in total. The molecule has 1 aromatic carbocycles. The quantitative estimate of drug-likeness (QED) is 0.0424. The van der Waals surface area contributed by atoms with Crippen molar-refractivity contribution in [1.82, 2.24) is 19.9 Å². The van der Waals surface area contributed by atoms with E-state index < -0.39 is 33.1 Å². The van der Waals surface area contributed by atoms with Crippen LogP contribution >= 0.6 is 0 Å². The molecule has 4 heterocycles. The second-order valence-electron chi connectivity index (χ2n) is 13.0. The van der Waals surface area contributed by atoms with Crippen LogP contribution in [0.2, 0.25) is 0 Å².